The molecule has 0 radical (unpaired) electrons. The Morgan fingerprint density at radius 2 is 2.05 bits per heavy atom. The molecule has 1 aliphatic rings. The summed E-state index contributed by atoms with van der Waals surface area (Å²) in [5.74, 6) is 1.06. The molecule has 0 aliphatic carbocycles. The molecular formula is C18H21NO. The SMILES string of the molecule is Cc1ccccc1CNC(C)c1ccc2c(c1)CCO2. The number of ether oxygens (including phenoxy) is 1. The van der Waals surface area contributed by atoms with Gasteiger partial charge >= 0.3 is 0 Å². The van der Waals surface area contributed by atoms with Crippen LogP contribution in [0.1, 0.15) is 35.2 Å². The summed E-state index contributed by atoms with van der Waals surface area (Å²) < 4.78 is 5.56. The minimum absolute atomic E-state index is 0.348. The van der Waals surface area contributed by atoms with Crippen LogP contribution in [0.3, 0.4) is 0 Å². The van der Waals surface area contributed by atoms with Crippen molar-refractivity contribution in [3.05, 3.63) is 64.7 Å². The first-order valence-corrected chi connectivity index (χ1v) is 7.27. The molecule has 0 fully saturated rings. The van der Waals surface area contributed by atoms with Crippen molar-refractivity contribution >= 4 is 0 Å². The summed E-state index contributed by atoms with van der Waals surface area (Å²) in [6, 6.07) is 15.4. The number of aryl methyl sites for hydroxylation is 1. The molecule has 1 heterocycles. The molecule has 0 saturated carbocycles. The largest absolute Gasteiger partial charge is 0.493 e. The molecule has 0 aromatic heterocycles. The monoisotopic (exact) mass is 267 g/mol. The molecule has 20 heavy (non-hydrogen) atoms. The van der Waals surface area contributed by atoms with Crippen LogP contribution in [0.5, 0.6) is 5.75 Å². The summed E-state index contributed by atoms with van der Waals surface area (Å²) in [4.78, 5) is 0. The molecule has 3 rings (SSSR count). The Bertz CT molecular complexity index is 606. The summed E-state index contributed by atoms with van der Waals surface area (Å²) >= 11 is 0. The van der Waals surface area contributed by atoms with Crippen LogP contribution in [0.15, 0.2) is 42.5 Å². The van der Waals surface area contributed by atoms with E-state index in [2.05, 4.69) is 61.6 Å². The van der Waals surface area contributed by atoms with E-state index in [4.69, 9.17) is 4.74 Å². The molecule has 0 spiro atoms. The van der Waals surface area contributed by atoms with Gasteiger partial charge in [-0.25, -0.2) is 0 Å². The van der Waals surface area contributed by atoms with Gasteiger partial charge in [0.2, 0.25) is 0 Å². The second-order valence-electron chi connectivity index (χ2n) is 5.49. The molecule has 1 aliphatic heterocycles. The van der Waals surface area contributed by atoms with Crippen molar-refractivity contribution in [1.29, 1.82) is 0 Å². The van der Waals surface area contributed by atoms with Gasteiger partial charge in [0.05, 0.1) is 6.61 Å². The van der Waals surface area contributed by atoms with Gasteiger partial charge in [-0.3, -0.25) is 0 Å². The molecule has 0 amide bonds. The maximum absolute atomic E-state index is 5.56. The average molecular weight is 267 g/mol. The quantitative estimate of drug-likeness (QED) is 0.910. The lowest BCUT2D eigenvalue weighted by atomic mass is 10.0. The lowest BCUT2D eigenvalue weighted by Gasteiger charge is -2.16. The summed E-state index contributed by atoms with van der Waals surface area (Å²) in [5, 5.41) is 3.61. The van der Waals surface area contributed by atoms with Crippen LogP contribution >= 0.6 is 0 Å². The Hall–Kier alpha value is -1.80. The van der Waals surface area contributed by atoms with E-state index < -0.39 is 0 Å². The highest BCUT2D eigenvalue weighted by Gasteiger charge is 2.14. The van der Waals surface area contributed by atoms with Gasteiger partial charge in [0, 0.05) is 19.0 Å². The fraction of sp³-hybridized carbons (Fsp3) is 0.333. The van der Waals surface area contributed by atoms with Gasteiger partial charge in [-0.15, -0.1) is 0 Å². The Morgan fingerprint density at radius 3 is 2.90 bits per heavy atom. The molecule has 1 atom stereocenters. The van der Waals surface area contributed by atoms with Gasteiger partial charge in [-0.05, 0) is 42.2 Å². The molecule has 2 aromatic carbocycles. The molecule has 104 valence electrons. The van der Waals surface area contributed by atoms with Crippen LogP contribution in [0.25, 0.3) is 0 Å². The molecular weight excluding hydrogens is 246 g/mol. The van der Waals surface area contributed by atoms with Gasteiger partial charge in [-0.1, -0.05) is 36.4 Å². The van der Waals surface area contributed by atoms with Crippen molar-refractivity contribution in [2.45, 2.75) is 32.9 Å². The predicted octanol–water partition coefficient (Wildman–Crippen LogP) is 3.78. The highest BCUT2D eigenvalue weighted by molar-refractivity contribution is 5.40. The van der Waals surface area contributed by atoms with Crippen LogP contribution in [0.2, 0.25) is 0 Å². The van der Waals surface area contributed by atoms with E-state index in [0.29, 0.717) is 6.04 Å². The lowest BCUT2D eigenvalue weighted by Crippen LogP contribution is -2.18. The number of benzene rings is 2. The van der Waals surface area contributed by atoms with Crippen LogP contribution in [-0.4, -0.2) is 6.61 Å². The van der Waals surface area contributed by atoms with Crippen molar-refractivity contribution < 1.29 is 4.74 Å². The van der Waals surface area contributed by atoms with Crippen molar-refractivity contribution in [1.82, 2.24) is 5.32 Å². The van der Waals surface area contributed by atoms with Crippen molar-refractivity contribution in [3.63, 3.8) is 0 Å². The fourth-order valence-electron chi connectivity index (χ4n) is 2.67. The topological polar surface area (TPSA) is 21.3 Å². The van der Waals surface area contributed by atoms with E-state index in [1.54, 1.807) is 0 Å². The maximum atomic E-state index is 5.56. The van der Waals surface area contributed by atoms with Crippen LogP contribution in [-0.2, 0) is 13.0 Å². The highest BCUT2D eigenvalue weighted by Crippen LogP contribution is 2.28. The Morgan fingerprint density at radius 1 is 1.20 bits per heavy atom. The van der Waals surface area contributed by atoms with E-state index >= 15 is 0 Å². The zero-order valence-corrected chi connectivity index (χ0v) is 12.1. The van der Waals surface area contributed by atoms with Gasteiger partial charge < -0.3 is 10.1 Å². The standard InChI is InChI=1S/C18H21NO/c1-13-5-3-4-6-17(13)12-19-14(2)15-7-8-18-16(11-15)9-10-20-18/h3-8,11,14,19H,9-10,12H2,1-2H3. The first-order chi connectivity index (χ1) is 9.74. The first-order valence-electron chi connectivity index (χ1n) is 7.27. The second kappa shape index (κ2) is 5.68. The smallest absolute Gasteiger partial charge is 0.122 e. The maximum Gasteiger partial charge on any atom is 0.122 e. The Balaban J connectivity index is 1.67. The fourth-order valence-corrected chi connectivity index (χ4v) is 2.67. The van der Waals surface area contributed by atoms with E-state index in [1.807, 2.05) is 0 Å². The van der Waals surface area contributed by atoms with Crippen molar-refractivity contribution in [2.75, 3.05) is 6.61 Å². The third kappa shape index (κ3) is 2.70. The van der Waals surface area contributed by atoms with Crippen molar-refractivity contribution in [2.24, 2.45) is 0 Å². The molecule has 2 aromatic rings. The normalized spacial score (nSPS) is 14.7. The molecule has 0 bridgehead atoms. The summed E-state index contributed by atoms with van der Waals surface area (Å²) in [7, 11) is 0. The van der Waals surface area contributed by atoms with Crippen LogP contribution in [0.4, 0.5) is 0 Å². The molecule has 1 unspecified atom stereocenters. The molecule has 0 saturated heterocycles. The summed E-state index contributed by atoms with van der Waals surface area (Å²) in [6.45, 7) is 6.11. The molecule has 1 N–H and O–H groups in total. The predicted molar refractivity (Wildman–Crippen MR) is 82.1 cm³/mol. The van der Waals surface area contributed by atoms with Crippen LogP contribution in [0, 0.1) is 6.92 Å². The molecule has 2 heteroatoms. The Kier molecular flexibility index (Phi) is 3.75. The first kappa shape index (κ1) is 13.2. The third-order valence-corrected chi connectivity index (χ3v) is 4.07. The number of rotatable bonds is 4. The minimum atomic E-state index is 0.348. The second-order valence-corrected chi connectivity index (χ2v) is 5.49. The van der Waals surface area contributed by atoms with Gasteiger partial charge in [0.1, 0.15) is 5.75 Å². The lowest BCUT2D eigenvalue weighted by molar-refractivity contribution is 0.356. The number of fused-ring (bicyclic) bond motifs is 1. The summed E-state index contributed by atoms with van der Waals surface area (Å²) in [6.07, 6.45) is 1.04. The average Bonchev–Trinajstić information content (AvgIpc) is 2.93. The van der Waals surface area contributed by atoms with E-state index in [-0.39, 0.29) is 0 Å². The third-order valence-electron chi connectivity index (χ3n) is 4.07. The van der Waals surface area contributed by atoms with E-state index in [0.717, 1.165) is 25.3 Å². The van der Waals surface area contributed by atoms with E-state index in [1.165, 1.54) is 22.3 Å². The number of nitrogens with one attached hydrogen (secondary N) is 1. The highest BCUT2D eigenvalue weighted by atomic mass is 16.5. The zero-order valence-electron chi connectivity index (χ0n) is 12.1. The van der Waals surface area contributed by atoms with Crippen LogP contribution < -0.4 is 10.1 Å². The number of hydrogen-bond donors (Lipinski definition) is 1. The van der Waals surface area contributed by atoms with E-state index in [9.17, 15) is 0 Å². The number of hydrogen-bond acceptors (Lipinski definition) is 2. The zero-order chi connectivity index (χ0) is 13.9. The Labute approximate surface area is 120 Å². The van der Waals surface area contributed by atoms with Gasteiger partial charge in [0.15, 0.2) is 0 Å². The van der Waals surface area contributed by atoms with Gasteiger partial charge in [-0.2, -0.15) is 0 Å². The molecule has 2 nitrogen and oxygen atoms in total. The van der Waals surface area contributed by atoms with Gasteiger partial charge in [0.25, 0.3) is 0 Å². The minimum Gasteiger partial charge on any atom is -0.493 e. The summed E-state index contributed by atoms with van der Waals surface area (Å²) in [5.41, 5.74) is 5.38. The van der Waals surface area contributed by atoms with Crippen molar-refractivity contribution in [3.8, 4) is 5.75 Å².